The number of sulfonamides is 1. The molecule has 0 amide bonds. The van der Waals surface area contributed by atoms with Crippen molar-refractivity contribution in [1.29, 1.82) is 0 Å². The molecule has 33 heavy (non-hydrogen) atoms. The van der Waals surface area contributed by atoms with Crippen LogP contribution in [0.1, 0.15) is 40.9 Å². The molecule has 9 heteroatoms. The van der Waals surface area contributed by atoms with Gasteiger partial charge in [-0.3, -0.25) is 4.72 Å². The van der Waals surface area contributed by atoms with Crippen LogP contribution in [0.15, 0.2) is 65.7 Å². The van der Waals surface area contributed by atoms with Crippen LogP contribution in [0.2, 0.25) is 0 Å². The first kappa shape index (κ1) is 25.3. The molecule has 3 rings (SSSR count). The van der Waals surface area contributed by atoms with E-state index < -0.39 is 16.0 Å². The molecular formula is C24H24N2O6S. The number of aromatic carboxylic acids is 1. The third-order valence-corrected chi connectivity index (χ3v) is 5.50. The van der Waals surface area contributed by atoms with Crippen molar-refractivity contribution in [2.75, 3.05) is 4.72 Å². The first-order valence-corrected chi connectivity index (χ1v) is 11.2. The van der Waals surface area contributed by atoms with E-state index in [1.807, 2.05) is 0 Å². The Morgan fingerprint density at radius 3 is 2.12 bits per heavy atom. The number of hydrogen-bond acceptors (Lipinski definition) is 6. The van der Waals surface area contributed by atoms with E-state index in [0.717, 1.165) is 5.56 Å². The minimum Gasteiger partial charge on any atom is -0.507 e. The number of anilines is 1. The second-order valence-corrected chi connectivity index (χ2v) is 8.85. The molecular weight excluding hydrogens is 444 g/mol. The molecule has 0 bridgehead atoms. The minimum atomic E-state index is -3.77. The molecule has 172 valence electrons. The fourth-order valence-electron chi connectivity index (χ4n) is 2.56. The Kier molecular flexibility index (Phi) is 8.47. The number of benzene rings is 2. The van der Waals surface area contributed by atoms with Crippen molar-refractivity contribution in [3.63, 3.8) is 0 Å². The molecule has 0 spiro atoms. The molecule has 3 N–H and O–H groups in total. The van der Waals surface area contributed by atoms with Gasteiger partial charge in [0, 0.05) is 6.20 Å². The van der Waals surface area contributed by atoms with E-state index >= 15 is 0 Å². The van der Waals surface area contributed by atoms with Gasteiger partial charge in [-0.15, -0.1) is 0 Å². The lowest BCUT2D eigenvalue weighted by molar-refractivity contribution is -0.115. The number of carbonyl (C=O) groups is 2. The lowest BCUT2D eigenvalue weighted by Crippen LogP contribution is -2.14. The van der Waals surface area contributed by atoms with Crippen LogP contribution in [-0.4, -0.2) is 35.4 Å². The summed E-state index contributed by atoms with van der Waals surface area (Å²) < 4.78 is 27.5. The number of ketones is 1. The number of aryl methyl sites for hydroxylation is 1. The third kappa shape index (κ3) is 7.58. The summed E-state index contributed by atoms with van der Waals surface area (Å²) in [6.45, 7) is 4.82. The fourth-order valence-corrected chi connectivity index (χ4v) is 3.64. The topological polar surface area (TPSA) is 134 Å². The molecule has 3 aromatic rings. The number of carboxylic acids is 1. The molecule has 0 atom stereocenters. The zero-order valence-corrected chi connectivity index (χ0v) is 19.1. The number of carboxylic acid groups (broad SMARTS) is 1. The standard InChI is InChI=1S/C21H18N2O5S.C3H6O/c1-14-3-2-12-22-20(14)23-29(27,28)17-9-6-15(7-10-17)4-5-16-8-11-19(24)18(13-16)21(25)26;1-3(2)4/h2-13,24H,1H3,(H,22,23)(H,25,26);1-2H3/b5-4+;. The number of nitrogens with zero attached hydrogens (tertiary/aromatic N) is 1. The molecule has 0 saturated heterocycles. The number of Topliss-reactive ketones (excluding diaryl/α,β-unsaturated/α-hetero) is 1. The van der Waals surface area contributed by atoms with E-state index in [1.165, 1.54) is 44.3 Å². The number of rotatable bonds is 6. The van der Waals surface area contributed by atoms with E-state index in [2.05, 4.69) is 9.71 Å². The summed E-state index contributed by atoms with van der Waals surface area (Å²) in [7, 11) is -3.77. The van der Waals surface area contributed by atoms with E-state index in [0.29, 0.717) is 11.1 Å². The van der Waals surface area contributed by atoms with Crippen molar-refractivity contribution < 1.29 is 28.2 Å². The van der Waals surface area contributed by atoms with Crippen molar-refractivity contribution in [2.45, 2.75) is 25.7 Å². The second kappa shape index (κ2) is 11.1. The SMILES string of the molecule is CC(C)=O.Cc1cccnc1NS(=O)(=O)c1ccc(/C=C/c2ccc(O)c(C(=O)O)c2)cc1. The van der Waals surface area contributed by atoms with Gasteiger partial charge in [0.2, 0.25) is 0 Å². The van der Waals surface area contributed by atoms with Crippen molar-refractivity contribution in [3.05, 3.63) is 83.0 Å². The molecule has 0 aliphatic rings. The van der Waals surface area contributed by atoms with Crippen molar-refractivity contribution in [1.82, 2.24) is 4.98 Å². The van der Waals surface area contributed by atoms with Crippen LogP contribution in [0.3, 0.4) is 0 Å². The zero-order chi connectivity index (χ0) is 24.6. The third-order valence-electron chi connectivity index (χ3n) is 4.15. The van der Waals surface area contributed by atoms with Crippen LogP contribution in [0, 0.1) is 6.92 Å². The highest BCUT2D eigenvalue weighted by atomic mass is 32.2. The molecule has 0 saturated carbocycles. The Labute approximate surface area is 192 Å². The van der Waals surface area contributed by atoms with Crippen LogP contribution in [0.4, 0.5) is 5.82 Å². The highest BCUT2D eigenvalue weighted by Crippen LogP contribution is 2.21. The van der Waals surface area contributed by atoms with Crippen molar-refractivity contribution >= 4 is 39.7 Å². The summed E-state index contributed by atoms with van der Waals surface area (Å²) in [5.41, 5.74) is 1.84. The fraction of sp³-hybridized carbons (Fsp3) is 0.125. The second-order valence-electron chi connectivity index (χ2n) is 7.17. The van der Waals surface area contributed by atoms with E-state index in [-0.39, 0.29) is 27.8 Å². The van der Waals surface area contributed by atoms with E-state index in [1.54, 1.807) is 49.4 Å². The summed E-state index contributed by atoms with van der Waals surface area (Å²) in [5.74, 6) is -1.08. The van der Waals surface area contributed by atoms with Gasteiger partial charge in [-0.2, -0.15) is 0 Å². The highest BCUT2D eigenvalue weighted by molar-refractivity contribution is 7.92. The molecule has 2 aromatic carbocycles. The number of pyridine rings is 1. The summed E-state index contributed by atoms with van der Waals surface area (Å²) in [5, 5.41) is 18.6. The number of nitrogens with one attached hydrogen (secondary N) is 1. The molecule has 0 unspecified atom stereocenters. The number of phenols is 1. The predicted molar refractivity (Wildman–Crippen MR) is 127 cm³/mol. The van der Waals surface area contributed by atoms with Crippen molar-refractivity contribution in [3.8, 4) is 5.75 Å². The maximum absolute atomic E-state index is 12.5. The lowest BCUT2D eigenvalue weighted by Gasteiger charge is -2.09. The van der Waals surface area contributed by atoms with Gasteiger partial charge in [0.05, 0.1) is 4.90 Å². The summed E-state index contributed by atoms with van der Waals surface area (Å²) in [6, 6.07) is 13.9. The Morgan fingerprint density at radius 2 is 1.55 bits per heavy atom. The lowest BCUT2D eigenvalue weighted by atomic mass is 10.1. The predicted octanol–water partition coefficient (Wildman–Crippen LogP) is 4.36. The Bertz CT molecular complexity index is 1280. The van der Waals surface area contributed by atoms with Crippen LogP contribution >= 0.6 is 0 Å². The van der Waals surface area contributed by atoms with Gasteiger partial charge >= 0.3 is 5.97 Å². The first-order chi connectivity index (χ1) is 15.5. The zero-order valence-electron chi connectivity index (χ0n) is 18.3. The Hall–Kier alpha value is -3.98. The summed E-state index contributed by atoms with van der Waals surface area (Å²) in [4.78, 5) is 24.7. The average Bonchev–Trinajstić information content (AvgIpc) is 2.74. The van der Waals surface area contributed by atoms with Gasteiger partial charge in [0.15, 0.2) is 0 Å². The molecule has 8 nitrogen and oxygen atoms in total. The monoisotopic (exact) mass is 468 g/mol. The molecule has 0 aliphatic carbocycles. The van der Waals surface area contributed by atoms with Gasteiger partial charge < -0.3 is 15.0 Å². The largest absolute Gasteiger partial charge is 0.507 e. The van der Waals surface area contributed by atoms with Crippen LogP contribution in [0.25, 0.3) is 12.2 Å². The highest BCUT2D eigenvalue weighted by Gasteiger charge is 2.15. The summed E-state index contributed by atoms with van der Waals surface area (Å²) >= 11 is 0. The van der Waals surface area contributed by atoms with Gasteiger partial charge in [-0.25, -0.2) is 18.2 Å². The van der Waals surface area contributed by atoms with E-state index in [4.69, 9.17) is 5.11 Å². The molecule has 1 aromatic heterocycles. The Morgan fingerprint density at radius 1 is 0.970 bits per heavy atom. The van der Waals surface area contributed by atoms with Gasteiger partial charge in [0.25, 0.3) is 10.0 Å². The average molecular weight is 469 g/mol. The summed E-state index contributed by atoms with van der Waals surface area (Å²) in [6.07, 6.45) is 4.90. The van der Waals surface area contributed by atoms with E-state index in [9.17, 15) is 23.1 Å². The molecule has 1 heterocycles. The van der Waals surface area contributed by atoms with Gasteiger partial charge in [-0.1, -0.05) is 36.4 Å². The molecule has 0 fully saturated rings. The maximum Gasteiger partial charge on any atom is 0.339 e. The smallest absolute Gasteiger partial charge is 0.339 e. The Balaban J connectivity index is 0.000000890. The van der Waals surface area contributed by atoms with Crippen LogP contribution in [0.5, 0.6) is 5.75 Å². The normalized spacial score (nSPS) is 10.9. The number of aromatic nitrogens is 1. The van der Waals surface area contributed by atoms with Crippen molar-refractivity contribution in [2.24, 2.45) is 0 Å². The number of hydrogen-bond donors (Lipinski definition) is 3. The molecule has 0 aliphatic heterocycles. The van der Waals surface area contributed by atoms with Gasteiger partial charge in [0.1, 0.15) is 22.9 Å². The number of carbonyl (C=O) groups excluding carboxylic acids is 1. The van der Waals surface area contributed by atoms with Crippen LogP contribution < -0.4 is 4.72 Å². The minimum absolute atomic E-state index is 0.0949. The van der Waals surface area contributed by atoms with Crippen LogP contribution in [-0.2, 0) is 14.8 Å². The maximum atomic E-state index is 12.5. The quantitative estimate of drug-likeness (QED) is 0.458. The molecule has 0 radical (unpaired) electrons. The number of aromatic hydroxyl groups is 1. The first-order valence-electron chi connectivity index (χ1n) is 9.75. The van der Waals surface area contributed by atoms with Gasteiger partial charge in [-0.05, 0) is 67.8 Å².